The third kappa shape index (κ3) is 5.74. The maximum absolute atomic E-state index is 2.36. The zero-order chi connectivity index (χ0) is 40.3. The Labute approximate surface area is 359 Å². The molecule has 12 rings (SSSR count). The lowest BCUT2D eigenvalue weighted by Gasteiger charge is -2.20. The second kappa shape index (κ2) is 14.6. The zero-order valence-electron chi connectivity index (χ0n) is 33.3. The Morgan fingerprint density at radius 3 is 1.20 bits per heavy atom. The fourth-order valence-corrected chi connectivity index (χ4v) is 11.3. The van der Waals surface area contributed by atoms with Gasteiger partial charge in [-0.05, 0) is 93.2 Å². The van der Waals surface area contributed by atoms with Gasteiger partial charge in [0.15, 0.2) is 0 Å². The molecule has 0 spiro atoms. The Morgan fingerprint density at radius 1 is 0.230 bits per heavy atom. The van der Waals surface area contributed by atoms with Crippen molar-refractivity contribution in [3.8, 4) is 66.1 Å². The highest BCUT2D eigenvalue weighted by Gasteiger charge is 2.25. The predicted molar refractivity (Wildman–Crippen MR) is 264 cm³/mol. The molecule has 0 saturated heterocycles. The lowest BCUT2D eigenvalue weighted by molar-refractivity contribution is 1.63. The molecule has 0 aliphatic heterocycles. The van der Waals surface area contributed by atoms with Gasteiger partial charge < -0.3 is 0 Å². The van der Waals surface area contributed by atoms with E-state index in [9.17, 15) is 0 Å². The van der Waals surface area contributed by atoms with E-state index in [-0.39, 0.29) is 0 Å². The molecule has 0 nitrogen and oxygen atoms in total. The van der Waals surface area contributed by atoms with E-state index in [4.69, 9.17) is 0 Å². The fraction of sp³-hybridized carbons (Fsp3) is 0. The van der Waals surface area contributed by atoms with Gasteiger partial charge in [0.2, 0.25) is 0 Å². The van der Waals surface area contributed by atoms with E-state index in [0.29, 0.717) is 0 Å². The topological polar surface area (TPSA) is 0 Å². The standard InChI is InChI=1S/C60H38S/c1-4-20-40(21-5-1)55-54(49-30-14-17-33-52(49)58-56(41-22-6-2-7-23-41)59(61-60(55)58)44-24-8-3-9-25-44)43-37-35-42(36-38-43)53-47-28-12-15-31-50(47)57(51-32-16-13-29-48(51)53)46-34-18-26-39-19-10-11-27-45(39)46/h1-38H. The molecule has 284 valence electrons. The van der Waals surface area contributed by atoms with E-state index >= 15 is 0 Å². The molecule has 0 radical (unpaired) electrons. The molecule has 0 N–H and O–H groups in total. The van der Waals surface area contributed by atoms with Crippen molar-refractivity contribution in [3.63, 3.8) is 0 Å². The van der Waals surface area contributed by atoms with Gasteiger partial charge in [0.25, 0.3) is 0 Å². The van der Waals surface area contributed by atoms with Crippen molar-refractivity contribution < 1.29 is 0 Å². The molecule has 1 heterocycles. The number of thiophene rings is 1. The first-order chi connectivity index (χ1) is 30.3. The molecule has 11 aromatic carbocycles. The molecule has 0 amide bonds. The van der Waals surface area contributed by atoms with Crippen LogP contribution in [0.25, 0.3) is 119 Å². The van der Waals surface area contributed by atoms with E-state index in [2.05, 4.69) is 231 Å². The number of hydrogen-bond donors (Lipinski definition) is 0. The Kier molecular flexibility index (Phi) is 8.47. The van der Waals surface area contributed by atoms with E-state index < -0.39 is 0 Å². The van der Waals surface area contributed by atoms with Gasteiger partial charge in [-0.3, -0.25) is 0 Å². The lowest BCUT2D eigenvalue weighted by Crippen LogP contribution is -1.92. The van der Waals surface area contributed by atoms with E-state index in [1.165, 1.54) is 119 Å². The van der Waals surface area contributed by atoms with Gasteiger partial charge in [-0.2, -0.15) is 0 Å². The van der Waals surface area contributed by atoms with Crippen LogP contribution in [0.1, 0.15) is 0 Å². The molecule has 0 saturated carbocycles. The molecule has 0 aliphatic carbocycles. The van der Waals surface area contributed by atoms with E-state index in [1.54, 1.807) is 0 Å². The molecule has 12 aromatic rings. The summed E-state index contributed by atoms with van der Waals surface area (Å²) in [6.07, 6.45) is 0. The minimum absolute atomic E-state index is 1.21. The van der Waals surface area contributed by atoms with Gasteiger partial charge >= 0.3 is 0 Å². The summed E-state index contributed by atoms with van der Waals surface area (Å²) < 4.78 is 1.31. The highest BCUT2D eigenvalue weighted by Crippen LogP contribution is 2.54. The number of hydrogen-bond acceptors (Lipinski definition) is 1. The average Bonchev–Trinajstić information content (AvgIpc) is 3.74. The molecule has 0 fully saturated rings. The summed E-state index contributed by atoms with van der Waals surface area (Å²) in [6, 6.07) is 84.8. The predicted octanol–water partition coefficient (Wildman–Crippen LogP) is 17.5. The van der Waals surface area contributed by atoms with Crippen LogP contribution in [0.15, 0.2) is 231 Å². The fourth-order valence-electron chi connectivity index (χ4n) is 9.86. The van der Waals surface area contributed by atoms with Crippen molar-refractivity contribution >= 4 is 64.5 Å². The molecular weight excluding hydrogens is 753 g/mol. The number of benzene rings is 11. The maximum Gasteiger partial charge on any atom is 0.0446 e. The Balaban J connectivity index is 1.12. The van der Waals surface area contributed by atoms with Crippen LogP contribution in [0, 0.1) is 0 Å². The summed E-state index contributed by atoms with van der Waals surface area (Å²) >= 11 is 1.92. The monoisotopic (exact) mass is 790 g/mol. The molecule has 0 unspecified atom stereocenters. The smallest absolute Gasteiger partial charge is 0.0446 e. The van der Waals surface area contributed by atoms with Crippen molar-refractivity contribution in [3.05, 3.63) is 231 Å². The lowest BCUT2D eigenvalue weighted by atomic mass is 9.83. The summed E-state index contributed by atoms with van der Waals surface area (Å²) in [5, 5.41) is 11.4. The summed E-state index contributed by atoms with van der Waals surface area (Å²) in [6.45, 7) is 0. The Hall–Kier alpha value is -7.58. The van der Waals surface area contributed by atoms with Crippen LogP contribution in [0.3, 0.4) is 0 Å². The van der Waals surface area contributed by atoms with Crippen LogP contribution in [0.2, 0.25) is 0 Å². The van der Waals surface area contributed by atoms with Crippen LogP contribution < -0.4 is 0 Å². The first kappa shape index (κ1) is 35.4. The van der Waals surface area contributed by atoms with Crippen molar-refractivity contribution in [2.75, 3.05) is 0 Å². The Morgan fingerprint density at radius 2 is 0.623 bits per heavy atom. The van der Waals surface area contributed by atoms with Crippen LogP contribution in [-0.4, -0.2) is 0 Å². The minimum atomic E-state index is 1.21. The van der Waals surface area contributed by atoms with Crippen LogP contribution >= 0.6 is 11.3 Å². The van der Waals surface area contributed by atoms with E-state index in [0.717, 1.165) is 0 Å². The SMILES string of the molecule is c1ccc(-c2sc3c(-c4ccccc4)c(-c4ccc(-c5c6ccccc6c(-c6cccc7ccccc67)c6ccccc56)cc4)c4ccccc4c3c2-c2ccccc2)cc1. The number of fused-ring (bicyclic) bond motifs is 6. The third-order valence-electron chi connectivity index (χ3n) is 12.5. The second-order valence-corrected chi connectivity index (χ2v) is 16.9. The van der Waals surface area contributed by atoms with E-state index in [1.807, 2.05) is 11.3 Å². The van der Waals surface area contributed by atoms with Crippen molar-refractivity contribution in [2.24, 2.45) is 0 Å². The van der Waals surface area contributed by atoms with Crippen molar-refractivity contribution in [1.29, 1.82) is 0 Å². The third-order valence-corrected chi connectivity index (χ3v) is 13.7. The van der Waals surface area contributed by atoms with Gasteiger partial charge in [-0.25, -0.2) is 0 Å². The maximum atomic E-state index is 2.36. The molecular formula is C60H38S. The highest BCUT2D eigenvalue weighted by atomic mass is 32.1. The number of rotatable bonds is 6. The molecule has 1 heteroatoms. The van der Waals surface area contributed by atoms with Gasteiger partial charge in [-0.15, -0.1) is 11.3 Å². The van der Waals surface area contributed by atoms with Gasteiger partial charge in [0, 0.05) is 26.1 Å². The van der Waals surface area contributed by atoms with Gasteiger partial charge in [0.1, 0.15) is 0 Å². The normalized spacial score (nSPS) is 11.6. The first-order valence-electron chi connectivity index (χ1n) is 21.0. The average molecular weight is 791 g/mol. The highest BCUT2D eigenvalue weighted by molar-refractivity contribution is 7.24. The first-order valence-corrected chi connectivity index (χ1v) is 21.8. The molecule has 0 aliphatic rings. The van der Waals surface area contributed by atoms with Crippen LogP contribution in [0.5, 0.6) is 0 Å². The molecule has 0 bridgehead atoms. The van der Waals surface area contributed by atoms with Gasteiger partial charge in [0.05, 0.1) is 0 Å². The minimum Gasteiger partial charge on any atom is -0.134 e. The van der Waals surface area contributed by atoms with Crippen LogP contribution in [-0.2, 0) is 0 Å². The quantitative estimate of drug-likeness (QED) is 0.147. The largest absolute Gasteiger partial charge is 0.134 e. The Bertz CT molecular complexity index is 3540. The summed E-state index contributed by atoms with van der Waals surface area (Å²) in [4.78, 5) is 1.29. The molecule has 1 aromatic heterocycles. The van der Waals surface area contributed by atoms with Crippen molar-refractivity contribution in [1.82, 2.24) is 0 Å². The summed E-state index contributed by atoms with van der Waals surface area (Å²) in [5.41, 5.74) is 13.8. The molecule has 0 atom stereocenters. The van der Waals surface area contributed by atoms with Crippen molar-refractivity contribution in [2.45, 2.75) is 0 Å². The van der Waals surface area contributed by atoms with Gasteiger partial charge in [-0.1, -0.05) is 231 Å². The van der Waals surface area contributed by atoms with Crippen LogP contribution in [0.4, 0.5) is 0 Å². The second-order valence-electron chi connectivity index (χ2n) is 15.8. The zero-order valence-corrected chi connectivity index (χ0v) is 34.2. The molecule has 61 heavy (non-hydrogen) atoms. The summed E-state index contributed by atoms with van der Waals surface area (Å²) in [5.74, 6) is 0. The summed E-state index contributed by atoms with van der Waals surface area (Å²) in [7, 11) is 0.